The highest BCUT2D eigenvalue weighted by Crippen LogP contribution is 2.12. The van der Waals surface area contributed by atoms with Gasteiger partial charge >= 0.3 is 0 Å². The van der Waals surface area contributed by atoms with Gasteiger partial charge in [0.05, 0.1) is 6.10 Å². The van der Waals surface area contributed by atoms with Crippen molar-refractivity contribution < 1.29 is 9.90 Å². The molecule has 0 amide bonds. The molecule has 1 N–H and O–H groups in total. The van der Waals surface area contributed by atoms with Gasteiger partial charge in [0.15, 0.2) is 5.78 Å². The predicted molar refractivity (Wildman–Crippen MR) is 54.5 cm³/mol. The van der Waals surface area contributed by atoms with Crippen molar-refractivity contribution >= 4 is 5.78 Å². The lowest BCUT2D eigenvalue weighted by Gasteiger charge is -2.12. The first kappa shape index (κ1) is 12.4. The van der Waals surface area contributed by atoms with Gasteiger partial charge in [-0.3, -0.25) is 4.79 Å². The van der Waals surface area contributed by atoms with E-state index in [-0.39, 0.29) is 5.78 Å². The van der Waals surface area contributed by atoms with Crippen LogP contribution in [0.5, 0.6) is 0 Å². The second kappa shape index (κ2) is 5.92. The number of carbonyl (C=O) groups is 1. The zero-order valence-corrected chi connectivity index (χ0v) is 9.00. The summed E-state index contributed by atoms with van der Waals surface area (Å²) in [5.41, 5.74) is 0.771. The van der Waals surface area contributed by atoms with Crippen LogP contribution in [-0.4, -0.2) is 17.0 Å². The lowest BCUT2D eigenvalue weighted by Crippen LogP contribution is -2.10. The van der Waals surface area contributed by atoms with Gasteiger partial charge in [-0.25, -0.2) is 0 Å². The summed E-state index contributed by atoms with van der Waals surface area (Å²) in [6.07, 6.45) is 2.79. The molecule has 2 heteroatoms. The summed E-state index contributed by atoms with van der Waals surface area (Å²) in [6.45, 7) is 7.54. The van der Waals surface area contributed by atoms with Gasteiger partial charge in [0.25, 0.3) is 0 Å². The Morgan fingerprint density at radius 3 is 2.23 bits per heavy atom. The van der Waals surface area contributed by atoms with Gasteiger partial charge in [-0.05, 0) is 44.3 Å². The van der Waals surface area contributed by atoms with Crippen LogP contribution in [0.15, 0.2) is 11.6 Å². The van der Waals surface area contributed by atoms with E-state index in [9.17, 15) is 9.90 Å². The van der Waals surface area contributed by atoms with Crippen molar-refractivity contribution in [2.75, 3.05) is 0 Å². The standard InChI is InChI=1S/C11H20O2/c1-8(2)5-6-11(13)9(3)7-10(4)12/h7-8,11,13H,5-6H2,1-4H3/b9-7+. The molecule has 0 fully saturated rings. The van der Waals surface area contributed by atoms with Crippen molar-refractivity contribution in [3.63, 3.8) is 0 Å². The fraction of sp³-hybridized carbons (Fsp3) is 0.727. The first-order chi connectivity index (χ1) is 5.93. The smallest absolute Gasteiger partial charge is 0.152 e. The first-order valence-corrected chi connectivity index (χ1v) is 4.80. The van der Waals surface area contributed by atoms with Crippen molar-refractivity contribution in [2.45, 2.75) is 46.6 Å². The SMILES string of the molecule is CC(=O)/C=C(\C)C(O)CCC(C)C. The summed E-state index contributed by atoms with van der Waals surface area (Å²) in [6, 6.07) is 0. The highest BCUT2D eigenvalue weighted by atomic mass is 16.3. The molecule has 2 nitrogen and oxygen atoms in total. The number of aliphatic hydroxyl groups excluding tert-OH is 1. The first-order valence-electron chi connectivity index (χ1n) is 4.80. The van der Waals surface area contributed by atoms with Gasteiger partial charge in [0.1, 0.15) is 0 Å². The Hall–Kier alpha value is -0.630. The third-order valence-corrected chi connectivity index (χ3v) is 1.97. The molecule has 0 aromatic carbocycles. The quantitative estimate of drug-likeness (QED) is 0.666. The molecule has 0 aromatic heterocycles. The lowest BCUT2D eigenvalue weighted by atomic mass is 10.0. The van der Waals surface area contributed by atoms with Crippen molar-refractivity contribution in [1.82, 2.24) is 0 Å². The average Bonchev–Trinajstić information content (AvgIpc) is 1.98. The molecule has 0 aliphatic heterocycles. The molecule has 76 valence electrons. The Labute approximate surface area is 80.7 Å². The second-order valence-electron chi connectivity index (χ2n) is 3.99. The molecule has 0 aliphatic rings. The number of allylic oxidation sites excluding steroid dienone is 1. The van der Waals surface area contributed by atoms with Crippen LogP contribution in [0.2, 0.25) is 0 Å². The molecule has 0 saturated heterocycles. The largest absolute Gasteiger partial charge is 0.389 e. The normalized spacial score (nSPS) is 14.8. The van der Waals surface area contributed by atoms with E-state index in [2.05, 4.69) is 13.8 Å². The molecule has 0 aliphatic carbocycles. The van der Waals surface area contributed by atoms with Crippen LogP contribution in [0.25, 0.3) is 0 Å². The number of rotatable bonds is 5. The molecule has 0 spiro atoms. The van der Waals surface area contributed by atoms with Gasteiger partial charge < -0.3 is 5.11 Å². The van der Waals surface area contributed by atoms with Crippen LogP contribution in [0.3, 0.4) is 0 Å². The monoisotopic (exact) mass is 184 g/mol. The van der Waals surface area contributed by atoms with E-state index in [1.807, 2.05) is 0 Å². The Balaban J connectivity index is 3.96. The topological polar surface area (TPSA) is 37.3 Å². The molecule has 0 aromatic rings. The van der Waals surface area contributed by atoms with Crippen LogP contribution >= 0.6 is 0 Å². The van der Waals surface area contributed by atoms with Crippen LogP contribution in [0.4, 0.5) is 0 Å². The number of ketones is 1. The zero-order chi connectivity index (χ0) is 10.4. The molecule has 0 rings (SSSR count). The molecule has 0 heterocycles. The fourth-order valence-electron chi connectivity index (χ4n) is 1.14. The van der Waals surface area contributed by atoms with E-state index < -0.39 is 6.10 Å². The number of carbonyl (C=O) groups excluding carboxylic acids is 1. The molecule has 0 bridgehead atoms. The highest BCUT2D eigenvalue weighted by molar-refractivity contribution is 5.87. The third kappa shape index (κ3) is 6.52. The molecule has 1 unspecified atom stereocenters. The predicted octanol–water partition coefficient (Wildman–Crippen LogP) is 2.32. The Morgan fingerprint density at radius 1 is 1.31 bits per heavy atom. The van der Waals surface area contributed by atoms with Gasteiger partial charge in [-0.1, -0.05) is 13.8 Å². The van der Waals surface area contributed by atoms with Crippen molar-refractivity contribution in [3.8, 4) is 0 Å². The van der Waals surface area contributed by atoms with Crippen LogP contribution in [0, 0.1) is 5.92 Å². The third-order valence-electron chi connectivity index (χ3n) is 1.97. The molecule has 0 saturated carbocycles. The van der Waals surface area contributed by atoms with E-state index >= 15 is 0 Å². The summed E-state index contributed by atoms with van der Waals surface area (Å²) < 4.78 is 0. The van der Waals surface area contributed by atoms with E-state index in [4.69, 9.17) is 0 Å². The summed E-state index contributed by atoms with van der Waals surface area (Å²) in [5.74, 6) is 0.598. The average molecular weight is 184 g/mol. The van der Waals surface area contributed by atoms with Crippen molar-refractivity contribution in [2.24, 2.45) is 5.92 Å². The maximum absolute atomic E-state index is 10.7. The highest BCUT2D eigenvalue weighted by Gasteiger charge is 2.07. The van der Waals surface area contributed by atoms with E-state index in [1.165, 1.54) is 13.0 Å². The van der Waals surface area contributed by atoms with Gasteiger partial charge in [0.2, 0.25) is 0 Å². The van der Waals surface area contributed by atoms with Crippen LogP contribution in [0.1, 0.15) is 40.5 Å². The van der Waals surface area contributed by atoms with Crippen molar-refractivity contribution in [3.05, 3.63) is 11.6 Å². The minimum atomic E-state index is -0.453. The molecular weight excluding hydrogens is 164 g/mol. The molecule has 0 radical (unpaired) electrons. The maximum Gasteiger partial charge on any atom is 0.152 e. The number of hydrogen-bond acceptors (Lipinski definition) is 2. The molecule has 1 atom stereocenters. The number of hydrogen-bond donors (Lipinski definition) is 1. The Kier molecular flexibility index (Phi) is 5.63. The van der Waals surface area contributed by atoms with Crippen LogP contribution < -0.4 is 0 Å². The van der Waals surface area contributed by atoms with E-state index in [1.54, 1.807) is 6.92 Å². The van der Waals surface area contributed by atoms with E-state index in [0.717, 1.165) is 18.4 Å². The minimum absolute atomic E-state index is 0.00102. The molecule has 13 heavy (non-hydrogen) atoms. The van der Waals surface area contributed by atoms with Gasteiger partial charge in [0, 0.05) is 0 Å². The van der Waals surface area contributed by atoms with Crippen molar-refractivity contribution in [1.29, 1.82) is 0 Å². The number of aliphatic hydroxyl groups is 1. The second-order valence-corrected chi connectivity index (χ2v) is 3.99. The Morgan fingerprint density at radius 2 is 1.85 bits per heavy atom. The maximum atomic E-state index is 10.7. The van der Waals surface area contributed by atoms with Gasteiger partial charge in [-0.2, -0.15) is 0 Å². The minimum Gasteiger partial charge on any atom is -0.389 e. The summed E-state index contributed by atoms with van der Waals surface area (Å²) in [4.78, 5) is 10.7. The summed E-state index contributed by atoms with van der Waals surface area (Å²) >= 11 is 0. The summed E-state index contributed by atoms with van der Waals surface area (Å²) in [5, 5.41) is 9.59. The fourth-order valence-corrected chi connectivity index (χ4v) is 1.14. The Bertz CT molecular complexity index is 192. The lowest BCUT2D eigenvalue weighted by molar-refractivity contribution is -0.112. The van der Waals surface area contributed by atoms with E-state index in [0.29, 0.717) is 5.92 Å². The van der Waals surface area contributed by atoms with Gasteiger partial charge in [-0.15, -0.1) is 0 Å². The molecular formula is C11H20O2. The van der Waals surface area contributed by atoms with Crippen LogP contribution in [-0.2, 0) is 4.79 Å². The summed E-state index contributed by atoms with van der Waals surface area (Å²) in [7, 11) is 0. The zero-order valence-electron chi connectivity index (χ0n) is 9.00.